The molecule has 0 aliphatic heterocycles. The number of rotatable bonds is 5. The molecule has 0 heterocycles. The molecule has 20 heavy (non-hydrogen) atoms. The van der Waals surface area contributed by atoms with Gasteiger partial charge in [-0.3, -0.25) is 0 Å². The van der Waals surface area contributed by atoms with Gasteiger partial charge in [0.05, 0.1) is 12.4 Å². The maximum Gasteiger partial charge on any atom is 0.123 e. The highest BCUT2D eigenvalue weighted by Crippen LogP contribution is 2.38. The molecule has 0 aromatic heterocycles. The Bertz CT molecular complexity index is 583. The van der Waals surface area contributed by atoms with Crippen molar-refractivity contribution in [2.24, 2.45) is 5.73 Å². The molecule has 2 rings (SSSR count). The molecule has 0 amide bonds. The molecular weight excluding hydrogens is 266 g/mol. The van der Waals surface area contributed by atoms with Gasteiger partial charge in [0.15, 0.2) is 0 Å². The molecule has 0 aliphatic carbocycles. The van der Waals surface area contributed by atoms with E-state index < -0.39 is 0 Å². The van der Waals surface area contributed by atoms with Crippen molar-refractivity contribution in [1.82, 2.24) is 0 Å². The van der Waals surface area contributed by atoms with Gasteiger partial charge in [-0.1, -0.05) is 24.3 Å². The zero-order valence-corrected chi connectivity index (χ0v) is 13.0. The summed E-state index contributed by atoms with van der Waals surface area (Å²) in [6, 6.07) is 14.6. The fourth-order valence-electron chi connectivity index (χ4n) is 2.12. The van der Waals surface area contributed by atoms with E-state index in [2.05, 4.69) is 38.1 Å². The van der Waals surface area contributed by atoms with Crippen molar-refractivity contribution in [3.8, 4) is 5.75 Å². The first-order valence-corrected chi connectivity index (χ1v) is 7.60. The molecule has 2 aromatic carbocycles. The molecule has 0 saturated heterocycles. The van der Waals surface area contributed by atoms with Gasteiger partial charge >= 0.3 is 0 Å². The summed E-state index contributed by atoms with van der Waals surface area (Å²) < 4.78 is 5.44. The quantitative estimate of drug-likeness (QED) is 0.841. The normalized spacial score (nSPS) is 12.2. The molecule has 0 fully saturated rings. The van der Waals surface area contributed by atoms with Crippen LogP contribution in [0.3, 0.4) is 0 Å². The molecule has 0 aliphatic rings. The fourth-order valence-corrected chi connectivity index (χ4v) is 3.26. The Morgan fingerprint density at radius 3 is 2.50 bits per heavy atom. The minimum Gasteiger partial charge on any atom is -0.496 e. The van der Waals surface area contributed by atoms with E-state index in [1.54, 1.807) is 18.9 Å². The Morgan fingerprint density at radius 2 is 1.85 bits per heavy atom. The van der Waals surface area contributed by atoms with Crippen molar-refractivity contribution in [3.63, 3.8) is 0 Å². The summed E-state index contributed by atoms with van der Waals surface area (Å²) in [4.78, 5) is 1.24. The Kier molecular flexibility index (Phi) is 5.10. The summed E-state index contributed by atoms with van der Waals surface area (Å²) in [5.41, 5.74) is 9.75. The van der Waals surface area contributed by atoms with Crippen LogP contribution in [0.25, 0.3) is 0 Å². The smallest absolute Gasteiger partial charge is 0.123 e. The lowest BCUT2D eigenvalue weighted by Gasteiger charge is -2.18. The van der Waals surface area contributed by atoms with Gasteiger partial charge in [-0.15, -0.1) is 11.8 Å². The van der Waals surface area contributed by atoms with Gasteiger partial charge in [-0.05, 0) is 43.2 Å². The summed E-state index contributed by atoms with van der Waals surface area (Å²) >= 11 is 1.79. The molecule has 0 saturated carbocycles. The van der Waals surface area contributed by atoms with E-state index in [1.807, 2.05) is 18.2 Å². The molecule has 2 aromatic rings. The highest BCUT2D eigenvalue weighted by atomic mass is 32.2. The van der Waals surface area contributed by atoms with E-state index >= 15 is 0 Å². The highest BCUT2D eigenvalue weighted by molar-refractivity contribution is 7.99. The van der Waals surface area contributed by atoms with Crippen molar-refractivity contribution in [2.75, 3.05) is 13.7 Å². The Morgan fingerprint density at radius 1 is 1.10 bits per heavy atom. The maximum atomic E-state index is 5.97. The molecule has 1 unspecified atom stereocenters. The van der Waals surface area contributed by atoms with E-state index in [9.17, 15) is 0 Å². The van der Waals surface area contributed by atoms with Crippen LogP contribution in [0.5, 0.6) is 5.75 Å². The number of hydrogen-bond donors (Lipinski definition) is 1. The van der Waals surface area contributed by atoms with Crippen molar-refractivity contribution in [3.05, 3.63) is 59.2 Å². The predicted molar refractivity (Wildman–Crippen MR) is 86.6 cm³/mol. The first kappa shape index (κ1) is 14.9. The zero-order chi connectivity index (χ0) is 14.5. The van der Waals surface area contributed by atoms with Crippen LogP contribution in [0, 0.1) is 13.8 Å². The molecule has 1 atom stereocenters. The molecule has 0 spiro atoms. The number of nitrogens with two attached hydrogens (primary N) is 1. The molecule has 2 nitrogen and oxygen atoms in total. The summed E-state index contributed by atoms with van der Waals surface area (Å²) in [5.74, 6) is 0.902. The van der Waals surface area contributed by atoms with E-state index in [4.69, 9.17) is 10.5 Å². The number of methoxy groups -OCH3 is 1. The van der Waals surface area contributed by atoms with Gasteiger partial charge in [0.25, 0.3) is 0 Å². The van der Waals surface area contributed by atoms with Crippen LogP contribution in [0.15, 0.2) is 47.4 Å². The van der Waals surface area contributed by atoms with Crippen molar-refractivity contribution >= 4 is 11.8 Å². The van der Waals surface area contributed by atoms with Gasteiger partial charge in [0, 0.05) is 17.0 Å². The first-order chi connectivity index (χ1) is 9.65. The standard InChI is InChI=1S/C17H21NOS/c1-12-8-9-14(10-13(12)2)20-17(11-18)15-6-4-5-7-16(15)19-3/h4-10,17H,11,18H2,1-3H3. The lowest BCUT2D eigenvalue weighted by molar-refractivity contribution is 0.409. The minimum atomic E-state index is 0.202. The van der Waals surface area contributed by atoms with Crippen LogP contribution in [-0.2, 0) is 0 Å². The number of benzene rings is 2. The van der Waals surface area contributed by atoms with Gasteiger partial charge in [0.1, 0.15) is 5.75 Å². The average molecular weight is 287 g/mol. The molecule has 0 bridgehead atoms. The van der Waals surface area contributed by atoms with Crippen LogP contribution in [0.4, 0.5) is 0 Å². The SMILES string of the molecule is COc1ccccc1C(CN)Sc1ccc(C)c(C)c1. The number of aryl methyl sites for hydroxylation is 2. The second kappa shape index (κ2) is 6.82. The molecule has 3 heteroatoms. The second-order valence-electron chi connectivity index (χ2n) is 4.83. The fraction of sp³-hybridized carbons (Fsp3) is 0.294. The number of ether oxygens (including phenoxy) is 1. The third kappa shape index (κ3) is 3.35. The Balaban J connectivity index is 2.26. The van der Waals surface area contributed by atoms with E-state index in [0.717, 1.165) is 11.3 Å². The summed E-state index contributed by atoms with van der Waals surface area (Å²) in [5, 5.41) is 0.202. The third-order valence-corrected chi connectivity index (χ3v) is 4.71. The Hall–Kier alpha value is -1.45. The van der Waals surface area contributed by atoms with Crippen LogP contribution < -0.4 is 10.5 Å². The largest absolute Gasteiger partial charge is 0.496 e. The monoisotopic (exact) mass is 287 g/mol. The van der Waals surface area contributed by atoms with Crippen LogP contribution in [0.1, 0.15) is 21.9 Å². The number of para-hydroxylation sites is 1. The summed E-state index contributed by atoms with van der Waals surface area (Å²) in [7, 11) is 1.70. The zero-order valence-electron chi connectivity index (χ0n) is 12.2. The topological polar surface area (TPSA) is 35.2 Å². The number of hydrogen-bond acceptors (Lipinski definition) is 3. The van der Waals surface area contributed by atoms with Gasteiger partial charge in [-0.25, -0.2) is 0 Å². The van der Waals surface area contributed by atoms with Crippen LogP contribution >= 0.6 is 11.8 Å². The number of thioether (sulfide) groups is 1. The second-order valence-corrected chi connectivity index (χ2v) is 6.11. The third-order valence-electron chi connectivity index (χ3n) is 3.46. The first-order valence-electron chi connectivity index (χ1n) is 6.72. The Labute approximate surface area is 125 Å². The van der Waals surface area contributed by atoms with Crippen molar-refractivity contribution in [1.29, 1.82) is 0 Å². The van der Waals surface area contributed by atoms with Gasteiger partial charge in [0.2, 0.25) is 0 Å². The predicted octanol–water partition coefficient (Wildman–Crippen LogP) is 4.10. The summed E-state index contributed by atoms with van der Waals surface area (Å²) in [6.07, 6.45) is 0. The average Bonchev–Trinajstić information content (AvgIpc) is 2.48. The van der Waals surface area contributed by atoms with Crippen LogP contribution in [-0.4, -0.2) is 13.7 Å². The lowest BCUT2D eigenvalue weighted by Crippen LogP contribution is -2.10. The van der Waals surface area contributed by atoms with E-state index in [-0.39, 0.29) is 5.25 Å². The van der Waals surface area contributed by atoms with E-state index in [0.29, 0.717) is 6.54 Å². The van der Waals surface area contributed by atoms with Crippen LogP contribution in [0.2, 0.25) is 0 Å². The molecule has 106 valence electrons. The summed E-state index contributed by atoms with van der Waals surface area (Å²) in [6.45, 7) is 4.85. The van der Waals surface area contributed by atoms with E-state index in [1.165, 1.54) is 16.0 Å². The molecule has 0 radical (unpaired) electrons. The molecular formula is C17H21NOS. The van der Waals surface area contributed by atoms with Crippen molar-refractivity contribution < 1.29 is 4.74 Å². The van der Waals surface area contributed by atoms with Gasteiger partial charge in [-0.2, -0.15) is 0 Å². The minimum absolute atomic E-state index is 0.202. The highest BCUT2D eigenvalue weighted by Gasteiger charge is 2.15. The maximum absolute atomic E-state index is 5.97. The molecule has 2 N–H and O–H groups in total. The van der Waals surface area contributed by atoms with Gasteiger partial charge < -0.3 is 10.5 Å². The lowest BCUT2D eigenvalue weighted by atomic mass is 10.1. The van der Waals surface area contributed by atoms with Crippen molar-refractivity contribution in [2.45, 2.75) is 24.0 Å².